The number of hydrogen-bond acceptors (Lipinski definition) is 2. The van der Waals surface area contributed by atoms with E-state index >= 15 is 0 Å². The first-order valence-corrected chi connectivity index (χ1v) is 4.37. The van der Waals surface area contributed by atoms with Crippen LogP contribution in [0, 0.1) is 5.82 Å². The van der Waals surface area contributed by atoms with Gasteiger partial charge in [0.05, 0.1) is 10.7 Å². The molecule has 0 aliphatic heterocycles. The van der Waals surface area contributed by atoms with Crippen LogP contribution in [-0.4, -0.2) is 9.97 Å². The van der Waals surface area contributed by atoms with Crippen molar-refractivity contribution in [1.82, 2.24) is 9.97 Å². The molecular weight excluding hydrogens is 203 g/mol. The van der Waals surface area contributed by atoms with Crippen molar-refractivity contribution in [2.24, 2.45) is 0 Å². The summed E-state index contributed by atoms with van der Waals surface area (Å²) in [4.78, 5) is 7.87. The molecule has 2 rings (SSSR count). The molecule has 0 N–H and O–H groups in total. The van der Waals surface area contributed by atoms with E-state index in [1.165, 1.54) is 12.3 Å². The number of halogens is 2. The van der Waals surface area contributed by atoms with E-state index in [1.807, 2.05) is 0 Å². The second-order valence-corrected chi connectivity index (χ2v) is 3.14. The Morgan fingerprint density at radius 1 is 1.21 bits per heavy atom. The van der Waals surface area contributed by atoms with E-state index in [0.717, 1.165) is 0 Å². The van der Waals surface area contributed by atoms with Gasteiger partial charge >= 0.3 is 0 Å². The normalized spacial score (nSPS) is 10.1. The van der Waals surface area contributed by atoms with Crippen molar-refractivity contribution < 1.29 is 4.39 Å². The molecule has 0 fully saturated rings. The maximum absolute atomic E-state index is 13.3. The van der Waals surface area contributed by atoms with Crippen LogP contribution in [0.1, 0.15) is 0 Å². The van der Waals surface area contributed by atoms with Crippen LogP contribution in [0.4, 0.5) is 4.39 Å². The molecule has 2 aromatic heterocycles. The maximum Gasteiger partial charge on any atom is 0.152 e. The third-order valence-corrected chi connectivity index (χ3v) is 1.92. The molecule has 2 aromatic rings. The molecule has 0 saturated heterocycles. The highest BCUT2D eigenvalue weighted by Gasteiger charge is 2.07. The molecule has 0 aliphatic rings. The lowest BCUT2D eigenvalue weighted by Crippen LogP contribution is -1.90. The molecule has 0 aromatic carbocycles. The average Bonchev–Trinajstić information content (AvgIpc) is 2.19. The van der Waals surface area contributed by atoms with Gasteiger partial charge in [0.15, 0.2) is 5.82 Å². The third kappa shape index (κ3) is 1.72. The molecule has 0 atom stereocenters. The molecule has 4 heteroatoms. The Labute approximate surface area is 85.4 Å². The summed E-state index contributed by atoms with van der Waals surface area (Å²) in [6.07, 6.45) is 2.99. The monoisotopic (exact) mass is 208 g/mol. The zero-order valence-corrected chi connectivity index (χ0v) is 7.87. The predicted octanol–water partition coefficient (Wildman–Crippen LogP) is 2.94. The number of hydrogen-bond donors (Lipinski definition) is 0. The molecule has 0 unspecified atom stereocenters. The van der Waals surface area contributed by atoms with Gasteiger partial charge in [-0.3, -0.25) is 4.98 Å². The smallest absolute Gasteiger partial charge is 0.152 e. The number of aromatic nitrogens is 2. The second-order valence-electron chi connectivity index (χ2n) is 2.70. The predicted molar refractivity (Wildman–Crippen MR) is 52.4 cm³/mol. The van der Waals surface area contributed by atoms with Crippen LogP contribution in [0.15, 0.2) is 36.7 Å². The highest BCUT2D eigenvalue weighted by molar-refractivity contribution is 6.30. The summed E-state index contributed by atoms with van der Waals surface area (Å²) in [5, 5.41) is 0.280. The third-order valence-electron chi connectivity index (χ3n) is 1.72. The van der Waals surface area contributed by atoms with Gasteiger partial charge in [-0.25, -0.2) is 9.37 Å². The standard InChI is InChI=1S/C10H6ClFN2/c11-7-5-8(12)10(14-6-7)9-3-1-2-4-13-9/h1-6H. The fourth-order valence-corrected chi connectivity index (χ4v) is 1.25. The van der Waals surface area contributed by atoms with Crippen LogP contribution in [0.25, 0.3) is 11.4 Å². The minimum atomic E-state index is -0.462. The largest absolute Gasteiger partial charge is 0.255 e. The van der Waals surface area contributed by atoms with Gasteiger partial charge in [0.25, 0.3) is 0 Å². The van der Waals surface area contributed by atoms with Crippen molar-refractivity contribution >= 4 is 11.6 Å². The van der Waals surface area contributed by atoms with Gasteiger partial charge in [-0.2, -0.15) is 0 Å². The summed E-state index contributed by atoms with van der Waals surface area (Å²) in [6, 6.07) is 6.45. The summed E-state index contributed by atoms with van der Waals surface area (Å²) >= 11 is 5.58. The lowest BCUT2D eigenvalue weighted by molar-refractivity contribution is 0.625. The van der Waals surface area contributed by atoms with Crippen molar-refractivity contribution in [3.63, 3.8) is 0 Å². The van der Waals surface area contributed by atoms with Gasteiger partial charge in [-0.15, -0.1) is 0 Å². The quantitative estimate of drug-likeness (QED) is 0.720. The molecule has 0 saturated carbocycles. The minimum absolute atomic E-state index is 0.218. The Bertz CT molecular complexity index is 445. The summed E-state index contributed by atoms with van der Waals surface area (Å²) in [5.41, 5.74) is 0.719. The summed E-state index contributed by atoms with van der Waals surface area (Å²) in [7, 11) is 0. The topological polar surface area (TPSA) is 25.8 Å². The number of pyridine rings is 2. The molecule has 0 aliphatic carbocycles. The van der Waals surface area contributed by atoms with Crippen molar-refractivity contribution in [3.8, 4) is 11.4 Å². The summed E-state index contributed by atoms with van der Waals surface area (Å²) in [5.74, 6) is -0.462. The fourth-order valence-electron chi connectivity index (χ4n) is 1.11. The van der Waals surface area contributed by atoms with Crippen molar-refractivity contribution in [2.75, 3.05) is 0 Å². The van der Waals surface area contributed by atoms with Gasteiger partial charge in [0.1, 0.15) is 5.69 Å². The Hall–Kier alpha value is -1.48. The average molecular weight is 209 g/mol. The van der Waals surface area contributed by atoms with Crippen LogP contribution >= 0.6 is 11.6 Å². The van der Waals surface area contributed by atoms with Crippen molar-refractivity contribution in [1.29, 1.82) is 0 Å². The van der Waals surface area contributed by atoms with Crippen LogP contribution < -0.4 is 0 Å². The van der Waals surface area contributed by atoms with E-state index in [-0.39, 0.29) is 10.7 Å². The number of rotatable bonds is 1. The molecular formula is C10H6ClFN2. The molecule has 0 radical (unpaired) electrons. The van der Waals surface area contributed by atoms with Gasteiger partial charge in [0, 0.05) is 12.4 Å². The van der Waals surface area contributed by atoms with Gasteiger partial charge in [-0.05, 0) is 18.2 Å². The molecule has 14 heavy (non-hydrogen) atoms. The maximum atomic E-state index is 13.3. The SMILES string of the molecule is Fc1cc(Cl)cnc1-c1ccccn1. The molecule has 2 heterocycles. The first kappa shape index (κ1) is 9.09. The van der Waals surface area contributed by atoms with E-state index in [1.54, 1.807) is 24.4 Å². The Morgan fingerprint density at radius 3 is 2.71 bits per heavy atom. The first-order valence-electron chi connectivity index (χ1n) is 4.00. The lowest BCUT2D eigenvalue weighted by atomic mass is 10.2. The van der Waals surface area contributed by atoms with E-state index in [2.05, 4.69) is 9.97 Å². The summed E-state index contributed by atoms with van der Waals surface area (Å²) < 4.78 is 13.3. The number of nitrogens with zero attached hydrogens (tertiary/aromatic N) is 2. The van der Waals surface area contributed by atoms with Crippen LogP contribution in [-0.2, 0) is 0 Å². The zero-order valence-electron chi connectivity index (χ0n) is 7.11. The summed E-state index contributed by atoms with van der Waals surface area (Å²) in [6.45, 7) is 0. The zero-order chi connectivity index (χ0) is 9.97. The fraction of sp³-hybridized carbons (Fsp3) is 0. The second kappa shape index (κ2) is 3.72. The Balaban J connectivity index is 2.53. The van der Waals surface area contributed by atoms with Crippen molar-refractivity contribution in [3.05, 3.63) is 47.5 Å². The Kier molecular flexibility index (Phi) is 2.41. The Morgan fingerprint density at radius 2 is 2.07 bits per heavy atom. The van der Waals surface area contributed by atoms with E-state index < -0.39 is 5.82 Å². The molecule has 0 bridgehead atoms. The highest BCUT2D eigenvalue weighted by atomic mass is 35.5. The van der Waals surface area contributed by atoms with E-state index in [0.29, 0.717) is 5.69 Å². The van der Waals surface area contributed by atoms with Crippen LogP contribution in [0.2, 0.25) is 5.02 Å². The van der Waals surface area contributed by atoms with E-state index in [4.69, 9.17) is 11.6 Å². The van der Waals surface area contributed by atoms with Crippen LogP contribution in [0.5, 0.6) is 0 Å². The first-order chi connectivity index (χ1) is 6.77. The molecule has 0 amide bonds. The molecule has 2 nitrogen and oxygen atoms in total. The van der Waals surface area contributed by atoms with Crippen LogP contribution in [0.3, 0.4) is 0 Å². The lowest BCUT2D eigenvalue weighted by Gasteiger charge is -2.00. The van der Waals surface area contributed by atoms with Gasteiger partial charge in [0.2, 0.25) is 0 Å². The van der Waals surface area contributed by atoms with Crippen molar-refractivity contribution in [2.45, 2.75) is 0 Å². The molecule has 0 spiro atoms. The van der Waals surface area contributed by atoms with Gasteiger partial charge < -0.3 is 0 Å². The molecule has 70 valence electrons. The minimum Gasteiger partial charge on any atom is -0.255 e. The van der Waals surface area contributed by atoms with Gasteiger partial charge in [-0.1, -0.05) is 17.7 Å². The van der Waals surface area contributed by atoms with E-state index in [9.17, 15) is 4.39 Å². The highest BCUT2D eigenvalue weighted by Crippen LogP contribution is 2.19.